The lowest BCUT2D eigenvalue weighted by atomic mass is 10.2. The lowest BCUT2D eigenvalue weighted by Crippen LogP contribution is -2.03. The Morgan fingerprint density at radius 1 is 1.53 bits per heavy atom. The molecule has 0 amide bonds. The first-order valence-electron chi connectivity index (χ1n) is 4.79. The SMILES string of the molecule is Cc1cc(Br)c(NC2CC2)cc1[N+](=O)[O-]. The van der Waals surface area contributed by atoms with Gasteiger partial charge in [-0.15, -0.1) is 0 Å². The fraction of sp³-hybridized carbons (Fsp3) is 0.400. The van der Waals surface area contributed by atoms with Gasteiger partial charge < -0.3 is 5.32 Å². The van der Waals surface area contributed by atoms with E-state index in [1.54, 1.807) is 19.1 Å². The number of rotatable bonds is 3. The maximum absolute atomic E-state index is 10.7. The van der Waals surface area contributed by atoms with Crippen LogP contribution in [-0.4, -0.2) is 11.0 Å². The molecule has 0 spiro atoms. The lowest BCUT2D eigenvalue weighted by Gasteiger charge is -2.08. The Balaban J connectivity index is 2.35. The summed E-state index contributed by atoms with van der Waals surface area (Å²) >= 11 is 3.40. The third-order valence-corrected chi connectivity index (χ3v) is 3.08. The molecule has 1 fully saturated rings. The predicted octanol–water partition coefficient (Wildman–Crippen LogP) is 3.24. The van der Waals surface area contributed by atoms with E-state index in [1.165, 1.54) is 0 Å². The third-order valence-electron chi connectivity index (χ3n) is 2.42. The first-order valence-corrected chi connectivity index (χ1v) is 5.58. The zero-order valence-electron chi connectivity index (χ0n) is 8.29. The molecule has 15 heavy (non-hydrogen) atoms. The second-order valence-corrected chi connectivity index (χ2v) is 4.65. The maximum atomic E-state index is 10.7. The molecule has 0 aromatic heterocycles. The number of hydrogen-bond donors (Lipinski definition) is 1. The van der Waals surface area contributed by atoms with Gasteiger partial charge in [0, 0.05) is 22.1 Å². The summed E-state index contributed by atoms with van der Waals surface area (Å²) in [5.41, 5.74) is 1.66. The molecular weight excluding hydrogens is 260 g/mol. The number of nitrogens with one attached hydrogen (secondary N) is 1. The second kappa shape index (κ2) is 3.81. The first-order chi connectivity index (χ1) is 7.08. The molecule has 1 aliphatic carbocycles. The molecule has 1 aromatic carbocycles. The average molecular weight is 271 g/mol. The molecule has 1 saturated carbocycles. The number of nitrogens with zero attached hydrogens (tertiary/aromatic N) is 1. The predicted molar refractivity (Wildman–Crippen MR) is 62.2 cm³/mol. The van der Waals surface area contributed by atoms with Crippen LogP contribution in [0.15, 0.2) is 16.6 Å². The Kier molecular flexibility index (Phi) is 2.65. The monoisotopic (exact) mass is 270 g/mol. The van der Waals surface area contributed by atoms with E-state index in [4.69, 9.17) is 0 Å². The van der Waals surface area contributed by atoms with E-state index in [1.807, 2.05) is 0 Å². The minimum atomic E-state index is -0.347. The summed E-state index contributed by atoms with van der Waals surface area (Å²) in [6, 6.07) is 3.87. The topological polar surface area (TPSA) is 55.2 Å². The summed E-state index contributed by atoms with van der Waals surface area (Å²) in [5, 5.41) is 14.0. The largest absolute Gasteiger partial charge is 0.381 e. The van der Waals surface area contributed by atoms with E-state index in [0.717, 1.165) is 23.0 Å². The number of aryl methyl sites for hydroxylation is 1. The van der Waals surface area contributed by atoms with E-state index < -0.39 is 0 Å². The van der Waals surface area contributed by atoms with Crippen molar-refractivity contribution >= 4 is 27.3 Å². The molecule has 5 heteroatoms. The van der Waals surface area contributed by atoms with Crippen molar-refractivity contribution in [2.75, 3.05) is 5.32 Å². The van der Waals surface area contributed by atoms with Gasteiger partial charge in [0.15, 0.2) is 0 Å². The highest BCUT2D eigenvalue weighted by atomic mass is 79.9. The molecule has 0 radical (unpaired) electrons. The van der Waals surface area contributed by atoms with E-state index in [9.17, 15) is 10.1 Å². The Hall–Kier alpha value is -1.10. The molecule has 2 rings (SSSR count). The highest BCUT2D eigenvalue weighted by Crippen LogP contribution is 2.34. The van der Waals surface area contributed by atoms with Crippen molar-refractivity contribution in [2.24, 2.45) is 0 Å². The van der Waals surface area contributed by atoms with Crippen molar-refractivity contribution in [1.29, 1.82) is 0 Å². The van der Waals surface area contributed by atoms with Crippen LogP contribution < -0.4 is 5.32 Å². The van der Waals surface area contributed by atoms with Crippen molar-refractivity contribution in [3.05, 3.63) is 32.3 Å². The molecule has 0 atom stereocenters. The van der Waals surface area contributed by atoms with Gasteiger partial charge in [0.2, 0.25) is 0 Å². The number of anilines is 1. The van der Waals surface area contributed by atoms with Crippen molar-refractivity contribution in [1.82, 2.24) is 0 Å². The van der Waals surface area contributed by atoms with Crippen LogP contribution in [0.25, 0.3) is 0 Å². The fourth-order valence-electron chi connectivity index (χ4n) is 1.42. The minimum absolute atomic E-state index is 0.168. The molecule has 1 aliphatic rings. The average Bonchev–Trinajstić information content (AvgIpc) is 2.92. The molecular formula is C10H11BrN2O2. The van der Waals surface area contributed by atoms with Crippen molar-refractivity contribution < 1.29 is 4.92 Å². The quantitative estimate of drug-likeness (QED) is 0.678. The number of nitro benzene ring substituents is 1. The minimum Gasteiger partial charge on any atom is -0.381 e. The molecule has 0 saturated heterocycles. The van der Waals surface area contributed by atoms with Crippen LogP contribution in [0.2, 0.25) is 0 Å². The smallest absolute Gasteiger partial charge is 0.274 e. The van der Waals surface area contributed by atoms with Gasteiger partial charge in [-0.1, -0.05) is 0 Å². The van der Waals surface area contributed by atoms with Crippen LogP contribution in [0.1, 0.15) is 18.4 Å². The van der Waals surface area contributed by atoms with Gasteiger partial charge in [-0.3, -0.25) is 10.1 Å². The van der Waals surface area contributed by atoms with Crippen molar-refractivity contribution in [3.8, 4) is 0 Å². The molecule has 0 aliphatic heterocycles. The number of hydrogen-bond acceptors (Lipinski definition) is 3. The Labute approximate surface area is 96.0 Å². The fourth-order valence-corrected chi connectivity index (χ4v) is 1.99. The maximum Gasteiger partial charge on any atom is 0.274 e. The van der Waals surface area contributed by atoms with Gasteiger partial charge in [-0.2, -0.15) is 0 Å². The van der Waals surface area contributed by atoms with Gasteiger partial charge in [0.25, 0.3) is 5.69 Å². The zero-order valence-corrected chi connectivity index (χ0v) is 9.87. The zero-order chi connectivity index (χ0) is 11.0. The normalized spacial score (nSPS) is 15.1. The lowest BCUT2D eigenvalue weighted by molar-refractivity contribution is -0.385. The summed E-state index contributed by atoms with van der Waals surface area (Å²) in [7, 11) is 0. The molecule has 1 aromatic rings. The molecule has 0 unspecified atom stereocenters. The molecule has 0 heterocycles. The van der Waals surface area contributed by atoms with Gasteiger partial charge in [-0.25, -0.2) is 0 Å². The summed E-state index contributed by atoms with van der Waals surface area (Å²) < 4.78 is 0.887. The molecule has 1 N–H and O–H groups in total. The molecule has 0 bridgehead atoms. The number of halogens is 1. The Morgan fingerprint density at radius 2 is 2.20 bits per heavy atom. The van der Waals surface area contributed by atoms with Gasteiger partial charge >= 0.3 is 0 Å². The number of benzene rings is 1. The van der Waals surface area contributed by atoms with E-state index in [-0.39, 0.29) is 10.6 Å². The van der Waals surface area contributed by atoms with Gasteiger partial charge in [0.05, 0.1) is 10.6 Å². The van der Waals surface area contributed by atoms with E-state index in [2.05, 4.69) is 21.2 Å². The first kappa shape index (κ1) is 10.4. The molecule has 4 nitrogen and oxygen atoms in total. The van der Waals surface area contributed by atoms with Crippen molar-refractivity contribution in [2.45, 2.75) is 25.8 Å². The van der Waals surface area contributed by atoms with Crippen LogP contribution in [0.5, 0.6) is 0 Å². The van der Waals surface area contributed by atoms with Crippen LogP contribution in [-0.2, 0) is 0 Å². The van der Waals surface area contributed by atoms with E-state index >= 15 is 0 Å². The summed E-state index contributed by atoms with van der Waals surface area (Å²) in [5.74, 6) is 0. The summed E-state index contributed by atoms with van der Waals surface area (Å²) in [4.78, 5) is 10.4. The Morgan fingerprint density at radius 3 is 2.73 bits per heavy atom. The molecule has 80 valence electrons. The van der Waals surface area contributed by atoms with Crippen LogP contribution in [0, 0.1) is 17.0 Å². The van der Waals surface area contributed by atoms with E-state index in [0.29, 0.717) is 11.6 Å². The van der Waals surface area contributed by atoms with Crippen molar-refractivity contribution in [3.63, 3.8) is 0 Å². The second-order valence-electron chi connectivity index (χ2n) is 3.79. The van der Waals surface area contributed by atoms with Crippen LogP contribution in [0.4, 0.5) is 11.4 Å². The van der Waals surface area contributed by atoms with Gasteiger partial charge in [0.1, 0.15) is 0 Å². The van der Waals surface area contributed by atoms with Crippen LogP contribution in [0.3, 0.4) is 0 Å². The Bertz CT molecular complexity index is 416. The highest BCUT2D eigenvalue weighted by Gasteiger charge is 2.23. The van der Waals surface area contributed by atoms with Gasteiger partial charge in [-0.05, 0) is 41.8 Å². The highest BCUT2D eigenvalue weighted by molar-refractivity contribution is 9.10. The van der Waals surface area contributed by atoms with Crippen LogP contribution >= 0.6 is 15.9 Å². The third kappa shape index (κ3) is 2.28. The number of nitro groups is 1. The summed E-state index contributed by atoms with van der Waals surface area (Å²) in [6.45, 7) is 1.74. The standard InChI is InChI=1S/C10H11BrN2O2/c1-6-4-8(11)9(12-7-2-3-7)5-10(6)13(14)15/h4-5,7,12H,2-3H2,1H3. The summed E-state index contributed by atoms with van der Waals surface area (Å²) in [6.07, 6.45) is 2.29.